The molecule has 1 amide bonds. The van der Waals surface area contributed by atoms with E-state index in [1.54, 1.807) is 0 Å². The second-order valence-electron chi connectivity index (χ2n) is 4.35. The average Bonchev–Trinajstić information content (AvgIpc) is 2.46. The van der Waals surface area contributed by atoms with Crippen molar-refractivity contribution in [1.29, 1.82) is 0 Å². The van der Waals surface area contributed by atoms with Crippen molar-refractivity contribution in [3.63, 3.8) is 0 Å². The molecule has 0 bridgehead atoms. The summed E-state index contributed by atoms with van der Waals surface area (Å²) in [5, 5.41) is 3.13. The summed E-state index contributed by atoms with van der Waals surface area (Å²) in [6.07, 6.45) is 0. The Balaban J connectivity index is 2.24. The van der Waals surface area contributed by atoms with E-state index < -0.39 is 11.9 Å². The average molecular weight is 270 g/mol. The lowest BCUT2D eigenvalue weighted by atomic mass is 10.1. The number of nitrogens with two attached hydrogens (primary N) is 1. The van der Waals surface area contributed by atoms with Gasteiger partial charge in [-0.05, 0) is 36.8 Å². The number of rotatable bonds is 6. The highest BCUT2D eigenvalue weighted by Crippen LogP contribution is 2.23. The van der Waals surface area contributed by atoms with E-state index in [1.807, 2.05) is 61.5 Å². The van der Waals surface area contributed by atoms with Crippen molar-refractivity contribution >= 4 is 11.6 Å². The van der Waals surface area contributed by atoms with Crippen molar-refractivity contribution < 1.29 is 9.53 Å². The lowest BCUT2D eigenvalue weighted by Crippen LogP contribution is -2.27. The molecule has 2 rings (SSSR count). The quantitative estimate of drug-likeness (QED) is 0.848. The zero-order chi connectivity index (χ0) is 14.4. The van der Waals surface area contributed by atoms with Gasteiger partial charge >= 0.3 is 0 Å². The van der Waals surface area contributed by atoms with Gasteiger partial charge in [-0.3, -0.25) is 4.79 Å². The Labute approximate surface area is 118 Å². The lowest BCUT2D eigenvalue weighted by Gasteiger charge is -2.18. The third kappa shape index (κ3) is 3.51. The molecule has 0 radical (unpaired) electrons. The largest absolute Gasteiger partial charge is 0.494 e. The van der Waals surface area contributed by atoms with Crippen molar-refractivity contribution in [3.05, 3.63) is 60.2 Å². The van der Waals surface area contributed by atoms with Crippen LogP contribution in [-0.4, -0.2) is 12.5 Å². The molecule has 0 aliphatic rings. The second kappa shape index (κ2) is 6.61. The van der Waals surface area contributed by atoms with Gasteiger partial charge in [0.05, 0.1) is 6.61 Å². The van der Waals surface area contributed by atoms with Gasteiger partial charge in [0.1, 0.15) is 11.8 Å². The molecule has 0 fully saturated rings. The minimum Gasteiger partial charge on any atom is -0.494 e. The van der Waals surface area contributed by atoms with Crippen molar-refractivity contribution in [2.24, 2.45) is 5.73 Å². The van der Waals surface area contributed by atoms with Crippen LogP contribution in [0.1, 0.15) is 18.5 Å². The number of amides is 1. The van der Waals surface area contributed by atoms with E-state index in [9.17, 15) is 4.79 Å². The summed E-state index contributed by atoms with van der Waals surface area (Å²) in [6.45, 7) is 2.50. The van der Waals surface area contributed by atoms with E-state index in [1.165, 1.54) is 0 Å². The van der Waals surface area contributed by atoms with Gasteiger partial charge in [0.2, 0.25) is 5.91 Å². The first kappa shape index (κ1) is 13.9. The first-order valence-corrected chi connectivity index (χ1v) is 6.54. The van der Waals surface area contributed by atoms with Gasteiger partial charge in [0.25, 0.3) is 0 Å². The molecular formula is C16H18N2O2. The number of carbonyl (C=O) groups excluding carboxylic acids is 1. The number of nitrogens with one attached hydrogen (secondary N) is 1. The minimum absolute atomic E-state index is 0.428. The Bertz CT molecular complexity index is 570. The van der Waals surface area contributed by atoms with Gasteiger partial charge < -0.3 is 15.8 Å². The molecule has 2 aromatic rings. The van der Waals surface area contributed by atoms with Crippen LogP contribution < -0.4 is 15.8 Å². The normalized spacial score (nSPS) is 11.7. The molecule has 20 heavy (non-hydrogen) atoms. The van der Waals surface area contributed by atoms with Crippen LogP contribution in [0.4, 0.5) is 5.69 Å². The summed E-state index contributed by atoms with van der Waals surface area (Å²) < 4.78 is 5.45. The van der Waals surface area contributed by atoms with Crippen molar-refractivity contribution in [2.75, 3.05) is 11.9 Å². The monoisotopic (exact) mass is 270 g/mol. The highest BCUT2D eigenvalue weighted by atomic mass is 16.5. The Hall–Kier alpha value is -2.49. The van der Waals surface area contributed by atoms with E-state index >= 15 is 0 Å². The molecule has 0 aliphatic heterocycles. The van der Waals surface area contributed by atoms with E-state index in [-0.39, 0.29) is 0 Å². The van der Waals surface area contributed by atoms with Gasteiger partial charge in [-0.2, -0.15) is 0 Å². The molecule has 3 N–H and O–H groups in total. The maximum Gasteiger partial charge on any atom is 0.244 e. The summed E-state index contributed by atoms with van der Waals surface area (Å²) in [7, 11) is 0. The Morgan fingerprint density at radius 3 is 2.60 bits per heavy atom. The maximum absolute atomic E-state index is 11.7. The Kier molecular flexibility index (Phi) is 4.60. The SMILES string of the molecule is CCOc1cccc(C(Nc2ccccc2)C(N)=O)c1. The van der Waals surface area contributed by atoms with Crippen molar-refractivity contribution in [2.45, 2.75) is 13.0 Å². The van der Waals surface area contributed by atoms with E-state index in [0.717, 1.165) is 17.0 Å². The number of benzene rings is 2. The Morgan fingerprint density at radius 1 is 1.20 bits per heavy atom. The molecule has 0 aromatic heterocycles. The van der Waals surface area contributed by atoms with Crippen LogP contribution in [0.2, 0.25) is 0 Å². The molecule has 2 aromatic carbocycles. The molecule has 4 heteroatoms. The summed E-state index contributed by atoms with van der Waals surface area (Å²) >= 11 is 0. The fourth-order valence-electron chi connectivity index (χ4n) is 1.97. The van der Waals surface area contributed by atoms with Crippen LogP contribution in [0.5, 0.6) is 5.75 Å². The number of para-hydroxylation sites is 1. The van der Waals surface area contributed by atoms with Gasteiger partial charge in [-0.25, -0.2) is 0 Å². The third-order valence-corrected chi connectivity index (χ3v) is 2.87. The van der Waals surface area contributed by atoms with Crippen LogP contribution >= 0.6 is 0 Å². The first-order valence-electron chi connectivity index (χ1n) is 6.54. The van der Waals surface area contributed by atoms with Crippen LogP contribution in [0.3, 0.4) is 0 Å². The molecule has 1 atom stereocenters. The predicted octanol–water partition coefficient (Wildman–Crippen LogP) is 2.72. The highest BCUT2D eigenvalue weighted by Gasteiger charge is 2.18. The minimum atomic E-state index is -0.585. The topological polar surface area (TPSA) is 64.3 Å². The highest BCUT2D eigenvalue weighted by molar-refractivity contribution is 5.84. The van der Waals surface area contributed by atoms with Gasteiger partial charge in [0.15, 0.2) is 0 Å². The van der Waals surface area contributed by atoms with Gasteiger partial charge in [-0.15, -0.1) is 0 Å². The zero-order valence-electron chi connectivity index (χ0n) is 11.4. The van der Waals surface area contributed by atoms with E-state index in [2.05, 4.69) is 5.32 Å². The standard InChI is InChI=1S/C16H18N2O2/c1-2-20-14-10-6-7-12(11-14)15(16(17)19)18-13-8-4-3-5-9-13/h3-11,15,18H,2H2,1H3,(H2,17,19). The zero-order valence-corrected chi connectivity index (χ0v) is 11.4. The molecular weight excluding hydrogens is 252 g/mol. The van der Waals surface area contributed by atoms with Crippen LogP contribution in [0, 0.1) is 0 Å². The summed E-state index contributed by atoms with van der Waals surface area (Å²) in [6, 6.07) is 16.3. The molecule has 0 aliphatic carbocycles. The molecule has 4 nitrogen and oxygen atoms in total. The maximum atomic E-state index is 11.7. The van der Waals surface area contributed by atoms with Crippen LogP contribution in [0.25, 0.3) is 0 Å². The number of carbonyl (C=O) groups is 1. The molecule has 0 heterocycles. The fourth-order valence-corrected chi connectivity index (χ4v) is 1.97. The number of primary amides is 1. The number of hydrogen-bond acceptors (Lipinski definition) is 3. The first-order chi connectivity index (χ1) is 9.70. The summed E-state index contributed by atoms with van der Waals surface area (Å²) in [4.78, 5) is 11.7. The summed E-state index contributed by atoms with van der Waals surface area (Å²) in [5.41, 5.74) is 7.13. The molecule has 104 valence electrons. The van der Waals surface area contributed by atoms with Gasteiger partial charge in [0, 0.05) is 5.69 Å². The number of ether oxygens (including phenoxy) is 1. The Morgan fingerprint density at radius 2 is 1.95 bits per heavy atom. The third-order valence-electron chi connectivity index (χ3n) is 2.87. The number of hydrogen-bond donors (Lipinski definition) is 2. The van der Waals surface area contributed by atoms with Crippen molar-refractivity contribution in [3.8, 4) is 5.75 Å². The number of anilines is 1. The van der Waals surface area contributed by atoms with Crippen LogP contribution in [0.15, 0.2) is 54.6 Å². The van der Waals surface area contributed by atoms with E-state index in [4.69, 9.17) is 10.5 Å². The second-order valence-corrected chi connectivity index (χ2v) is 4.35. The summed E-state index contributed by atoms with van der Waals surface area (Å²) in [5.74, 6) is 0.300. The molecule has 1 unspecified atom stereocenters. The molecule has 0 saturated heterocycles. The van der Waals surface area contributed by atoms with Crippen LogP contribution in [-0.2, 0) is 4.79 Å². The fraction of sp³-hybridized carbons (Fsp3) is 0.188. The lowest BCUT2D eigenvalue weighted by molar-refractivity contribution is -0.118. The molecule has 0 saturated carbocycles. The van der Waals surface area contributed by atoms with Gasteiger partial charge in [-0.1, -0.05) is 30.3 Å². The van der Waals surface area contributed by atoms with Crippen molar-refractivity contribution in [1.82, 2.24) is 0 Å². The van der Waals surface area contributed by atoms with E-state index in [0.29, 0.717) is 6.61 Å². The predicted molar refractivity (Wildman–Crippen MR) is 79.6 cm³/mol. The smallest absolute Gasteiger partial charge is 0.244 e. The molecule has 0 spiro atoms.